The summed E-state index contributed by atoms with van der Waals surface area (Å²) in [4.78, 5) is 11.1. The molecule has 0 fully saturated rings. The standard InChI is InChI=1S/C12H25NO4/c1-8(15)13-10(6-12(2,3)4)11(17)5-9(16)7-14/h9-11,14,16-17H,5-7H2,1-4H3,(H,13,15). The van der Waals surface area contributed by atoms with Crippen LogP contribution in [0.15, 0.2) is 0 Å². The third-order valence-electron chi connectivity index (χ3n) is 2.41. The lowest BCUT2D eigenvalue weighted by Crippen LogP contribution is -2.46. The van der Waals surface area contributed by atoms with E-state index in [-0.39, 0.29) is 24.3 Å². The summed E-state index contributed by atoms with van der Waals surface area (Å²) in [7, 11) is 0. The Morgan fingerprint density at radius 3 is 2.18 bits per heavy atom. The Morgan fingerprint density at radius 1 is 1.29 bits per heavy atom. The summed E-state index contributed by atoms with van der Waals surface area (Å²) in [5.41, 5.74) is -0.0434. The van der Waals surface area contributed by atoms with E-state index >= 15 is 0 Å². The molecule has 0 aromatic rings. The monoisotopic (exact) mass is 247 g/mol. The summed E-state index contributed by atoms with van der Waals surface area (Å²) in [5, 5.41) is 30.6. The predicted octanol–water partition coefficient (Wildman–Crippen LogP) is 0.0315. The van der Waals surface area contributed by atoms with Crippen molar-refractivity contribution in [2.75, 3.05) is 6.61 Å². The first-order valence-corrected chi connectivity index (χ1v) is 5.90. The second-order valence-corrected chi connectivity index (χ2v) is 5.71. The van der Waals surface area contributed by atoms with Crippen LogP contribution in [0.4, 0.5) is 0 Å². The van der Waals surface area contributed by atoms with Crippen molar-refractivity contribution in [1.29, 1.82) is 0 Å². The van der Waals surface area contributed by atoms with Crippen molar-refractivity contribution in [3.63, 3.8) is 0 Å². The summed E-state index contributed by atoms with van der Waals surface area (Å²) in [5.74, 6) is -0.211. The summed E-state index contributed by atoms with van der Waals surface area (Å²) >= 11 is 0. The van der Waals surface area contributed by atoms with E-state index in [1.54, 1.807) is 0 Å². The zero-order valence-corrected chi connectivity index (χ0v) is 11.1. The van der Waals surface area contributed by atoms with Crippen LogP contribution in [0.5, 0.6) is 0 Å². The quantitative estimate of drug-likeness (QED) is 0.533. The second-order valence-electron chi connectivity index (χ2n) is 5.71. The van der Waals surface area contributed by atoms with Crippen LogP contribution in [0.25, 0.3) is 0 Å². The van der Waals surface area contributed by atoms with E-state index in [0.717, 1.165) is 0 Å². The number of aliphatic hydroxyl groups excluding tert-OH is 3. The molecule has 102 valence electrons. The molecule has 17 heavy (non-hydrogen) atoms. The molecule has 3 atom stereocenters. The molecule has 4 N–H and O–H groups in total. The fourth-order valence-corrected chi connectivity index (χ4v) is 1.72. The Morgan fingerprint density at radius 2 is 1.82 bits per heavy atom. The molecule has 0 radical (unpaired) electrons. The second kappa shape index (κ2) is 6.93. The van der Waals surface area contributed by atoms with Gasteiger partial charge in [0.15, 0.2) is 0 Å². The molecular weight excluding hydrogens is 222 g/mol. The van der Waals surface area contributed by atoms with Gasteiger partial charge >= 0.3 is 0 Å². The van der Waals surface area contributed by atoms with Gasteiger partial charge in [0, 0.05) is 13.3 Å². The number of hydrogen-bond donors (Lipinski definition) is 4. The number of carbonyl (C=O) groups excluding carboxylic acids is 1. The number of rotatable bonds is 6. The molecule has 0 saturated heterocycles. The van der Waals surface area contributed by atoms with Gasteiger partial charge in [-0.2, -0.15) is 0 Å². The molecule has 0 aromatic carbocycles. The molecule has 0 rings (SSSR count). The fourth-order valence-electron chi connectivity index (χ4n) is 1.72. The topological polar surface area (TPSA) is 89.8 Å². The third kappa shape index (κ3) is 8.12. The van der Waals surface area contributed by atoms with E-state index < -0.39 is 18.2 Å². The van der Waals surface area contributed by atoms with Crippen molar-refractivity contribution in [3.05, 3.63) is 0 Å². The molecule has 0 saturated carbocycles. The maximum atomic E-state index is 11.1. The number of amides is 1. The summed E-state index contributed by atoms with van der Waals surface area (Å²) in [6.07, 6.45) is -1.16. The van der Waals surface area contributed by atoms with Crippen molar-refractivity contribution in [2.45, 2.75) is 58.8 Å². The highest BCUT2D eigenvalue weighted by atomic mass is 16.3. The Balaban J connectivity index is 4.50. The lowest BCUT2D eigenvalue weighted by Gasteiger charge is -2.30. The molecule has 1 amide bonds. The Bertz CT molecular complexity index is 237. The highest BCUT2D eigenvalue weighted by Gasteiger charge is 2.27. The predicted molar refractivity (Wildman–Crippen MR) is 65.4 cm³/mol. The van der Waals surface area contributed by atoms with Crippen LogP contribution in [-0.2, 0) is 4.79 Å². The zero-order valence-electron chi connectivity index (χ0n) is 11.1. The average molecular weight is 247 g/mol. The molecule has 0 bridgehead atoms. The number of carbonyl (C=O) groups is 1. The van der Waals surface area contributed by atoms with E-state index in [1.165, 1.54) is 6.92 Å². The fraction of sp³-hybridized carbons (Fsp3) is 0.917. The molecule has 3 unspecified atom stereocenters. The smallest absolute Gasteiger partial charge is 0.217 e. The molecule has 0 aliphatic carbocycles. The molecule has 5 heteroatoms. The first-order valence-electron chi connectivity index (χ1n) is 5.90. The average Bonchev–Trinajstić information content (AvgIpc) is 2.13. The molecule has 0 spiro atoms. The van der Waals surface area contributed by atoms with Crippen LogP contribution in [0.3, 0.4) is 0 Å². The van der Waals surface area contributed by atoms with Crippen LogP contribution >= 0.6 is 0 Å². The van der Waals surface area contributed by atoms with Gasteiger partial charge in [-0.25, -0.2) is 0 Å². The highest BCUT2D eigenvalue weighted by Crippen LogP contribution is 2.23. The van der Waals surface area contributed by atoms with Gasteiger partial charge in [-0.3, -0.25) is 4.79 Å². The normalized spacial score (nSPS) is 17.4. The van der Waals surface area contributed by atoms with Crippen LogP contribution in [0.2, 0.25) is 0 Å². The maximum Gasteiger partial charge on any atom is 0.217 e. The minimum absolute atomic E-state index is 0.0434. The van der Waals surface area contributed by atoms with Gasteiger partial charge in [-0.05, 0) is 11.8 Å². The number of nitrogens with one attached hydrogen (secondary N) is 1. The van der Waals surface area contributed by atoms with Gasteiger partial charge < -0.3 is 20.6 Å². The van der Waals surface area contributed by atoms with Crippen LogP contribution < -0.4 is 5.32 Å². The van der Waals surface area contributed by atoms with E-state index in [0.29, 0.717) is 6.42 Å². The van der Waals surface area contributed by atoms with E-state index in [2.05, 4.69) is 5.32 Å². The van der Waals surface area contributed by atoms with Crippen LogP contribution in [-0.4, -0.2) is 46.1 Å². The van der Waals surface area contributed by atoms with Gasteiger partial charge in [0.25, 0.3) is 0 Å². The van der Waals surface area contributed by atoms with Gasteiger partial charge in [0.05, 0.1) is 24.9 Å². The highest BCUT2D eigenvalue weighted by molar-refractivity contribution is 5.73. The maximum absolute atomic E-state index is 11.1. The van der Waals surface area contributed by atoms with E-state index in [4.69, 9.17) is 5.11 Å². The summed E-state index contributed by atoms with van der Waals surface area (Å²) < 4.78 is 0. The molecule has 5 nitrogen and oxygen atoms in total. The first-order chi connectivity index (χ1) is 7.65. The molecule has 0 heterocycles. The lowest BCUT2D eigenvalue weighted by atomic mass is 9.85. The van der Waals surface area contributed by atoms with Gasteiger partial charge in [-0.1, -0.05) is 20.8 Å². The summed E-state index contributed by atoms with van der Waals surface area (Å²) in [6, 6.07) is -0.409. The molecule has 0 aliphatic heterocycles. The lowest BCUT2D eigenvalue weighted by molar-refractivity contribution is -0.121. The van der Waals surface area contributed by atoms with Crippen molar-refractivity contribution in [2.24, 2.45) is 5.41 Å². The van der Waals surface area contributed by atoms with Gasteiger partial charge in [-0.15, -0.1) is 0 Å². The largest absolute Gasteiger partial charge is 0.394 e. The van der Waals surface area contributed by atoms with E-state index in [1.807, 2.05) is 20.8 Å². The Labute approximate surface area is 103 Å². The minimum Gasteiger partial charge on any atom is -0.394 e. The number of aliphatic hydroxyl groups is 3. The van der Waals surface area contributed by atoms with Crippen LogP contribution in [0, 0.1) is 5.41 Å². The zero-order chi connectivity index (χ0) is 13.6. The molecule has 0 aliphatic rings. The van der Waals surface area contributed by atoms with Crippen LogP contribution in [0.1, 0.15) is 40.5 Å². The van der Waals surface area contributed by atoms with E-state index in [9.17, 15) is 15.0 Å². The number of hydrogen-bond acceptors (Lipinski definition) is 4. The van der Waals surface area contributed by atoms with Crippen molar-refractivity contribution < 1.29 is 20.1 Å². The van der Waals surface area contributed by atoms with Gasteiger partial charge in [0.1, 0.15) is 0 Å². The molecular formula is C12H25NO4. The Hall–Kier alpha value is -0.650. The summed E-state index contributed by atoms with van der Waals surface area (Å²) in [6.45, 7) is 7.04. The van der Waals surface area contributed by atoms with Crippen molar-refractivity contribution in [1.82, 2.24) is 5.32 Å². The first kappa shape index (κ1) is 16.4. The minimum atomic E-state index is -0.957. The molecule has 0 aromatic heterocycles. The third-order valence-corrected chi connectivity index (χ3v) is 2.41. The van der Waals surface area contributed by atoms with Gasteiger partial charge in [0.2, 0.25) is 5.91 Å². The van der Waals surface area contributed by atoms with Crippen molar-refractivity contribution >= 4 is 5.91 Å². The van der Waals surface area contributed by atoms with Crippen molar-refractivity contribution in [3.8, 4) is 0 Å². The Kier molecular flexibility index (Phi) is 6.67. The SMILES string of the molecule is CC(=O)NC(CC(C)(C)C)C(O)CC(O)CO.